The lowest BCUT2D eigenvalue weighted by molar-refractivity contribution is 0.0893. The van der Waals surface area contributed by atoms with E-state index in [1.54, 1.807) is 18.1 Å². The maximum absolute atomic E-state index is 12.7. The van der Waals surface area contributed by atoms with E-state index in [0.717, 1.165) is 48.3 Å². The molecule has 37 heavy (non-hydrogen) atoms. The first-order valence-electron chi connectivity index (χ1n) is 12.8. The van der Waals surface area contributed by atoms with Crippen molar-refractivity contribution in [3.8, 4) is 17.2 Å². The van der Waals surface area contributed by atoms with Gasteiger partial charge in [0.05, 0.1) is 24.9 Å². The highest BCUT2D eigenvalue weighted by molar-refractivity contribution is 5.90. The first-order valence-corrected chi connectivity index (χ1v) is 12.8. The van der Waals surface area contributed by atoms with Gasteiger partial charge in [0.1, 0.15) is 25.1 Å². The molecule has 2 saturated heterocycles. The third kappa shape index (κ3) is 4.83. The number of carbonyl (C=O) groups excluding carboxylic acids is 1. The van der Waals surface area contributed by atoms with E-state index in [0.29, 0.717) is 50.3 Å². The van der Waals surface area contributed by atoms with Crippen LogP contribution in [0, 0.1) is 5.92 Å². The van der Waals surface area contributed by atoms with Crippen molar-refractivity contribution >= 4 is 22.7 Å². The van der Waals surface area contributed by atoms with E-state index >= 15 is 0 Å². The van der Waals surface area contributed by atoms with Crippen LogP contribution >= 0.6 is 0 Å². The number of ether oxygens (including phenoxy) is 4. The number of nitrogens with zero attached hydrogens (tertiary/aromatic N) is 3. The molecule has 0 radical (unpaired) electrons. The minimum atomic E-state index is -0.331. The molecule has 0 saturated carbocycles. The third-order valence-corrected chi connectivity index (χ3v) is 7.52. The summed E-state index contributed by atoms with van der Waals surface area (Å²) in [5.41, 5.74) is 1.68. The highest BCUT2D eigenvalue weighted by Crippen LogP contribution is 2.35. The number of piperidine rings is 1. The molecule has 3 aromatic rings. The molecule has 194 valence electrons. The molecule has 1 amide bonds. The summed E-state index contributed by atoms with van der Waals surface area (Å²) in [6.45, 7) is 4.74. The molecule has 1 atom stereocenters. The zero-order chi connectivity index (χ0) is 25.4. The van der Waals surface area contributed by atoms with E-state index < -0.39 is 0 Å². The van der Waals surface area contributed by atoms with Gasteiger partial charge in [-0.15, -0.1) is 0 Å². The maximum atomic E-state index is 12.7. The van der Waals surface area contributed by atoms with Gasteiger partial charge in [-0.3, -0.25) is 14.6 Å². The predicted molar refractivity (Wildman–Crippen MR) is 139 cm³/mol. The minimum Gasteiger partial charge on any atom is -0.497 e. The quantitative estimate of drug-likeness (QED) is 0.507. The highest BCUT2D eigenvalue weighted by atomic mass is 16.6. The van der Waals surface area contributed by atoms with Gasteiger partial charge in [0.25, 0.3) is 5.56 Å². The predicted octanol–water partition coefficient (Wildman–Crippen LogP) is 3.52. The lowest BCUT2D eigenvalue weighted by Gasteiger charge is -2.33. The minimum absolute atomic E-state index is 0.0142. The Morgan fingerprint density at radius 1 is 0.919 bits per heavy atom. The Labute approximate surface area is 215 Å². The second kappa shape index (κ2) is 9.97. The zero-order valence-electron chi connectivity index (χ0n) is 20.9. The van der Waals surface area contributed by atoms with Crippen molar-refractivity contribution in [3.63, 3.8) is 0 Å². The van der Waals surface area contributed by atoms with Crippen molar-refractivity contribution in [1.29, 1.82) is 0 Å². The average Bonchev–Trinajstić information content (AvgIpc) is 3.30. The maximum Gasteiger partial charge on any atom is 0.414 e. The molecule has 0 bridgehead atoms. The van der Waals surface area contributed by atoms with Crippen molar-refractivity contribution in [3.05, 3.63) is 58.9 Å². The fourth-order valence-corrected chi connectivity index (χ4v) is 5.51. The number of likely N-dealkylation sites (tertiary alicyclic amines) is 1. The van der Waals surface area contributed by atoms with Crippen LogP contribution in [-0.2, 0) is 11.3 Å². The van der Waals surface area contributed by atoms with Crippen LogP contribution < -0.4 is 24.7 Å². The molecule has 2 fully saturated rings. The van der Waals surface area contributed by atoms with Gasteiger partial charge in [0.2, 0.25) is 0 Å². The number of amides is 1. The molecule has 3 aliphatic rings. The summed E-state index contributed by atoms with van der Waals surface area (Å²) < 4.78 is 24.2. The van der Waals surface area contributed by atoms with Gasteiger partial charge < -0.3 is 23.5 Å². The summed E-state index contributed by atoms with van der Waals surface area (Å²) >= 11 is 0. The molecule has 2 aromatic carbocycles. The van der Waals surface area contributed by atoms with Gasteiger partial charge in [0, 0.05) is 31.3 Å². The molecule has 3 aliphatic heterocycles. The zero-order valence-corrected chi connectivity index (χ0v) is 20.9. The summed E-state index contributed by atoms with van der Waals surface area (Å²) in [4.78, 5) is 29.3. The van der Waals surface area contributed by atoms with Crippen LogP contribution in [0.15, 0.2) is 53.3 Å². The van der Waals surface area contributed by atoms with Gasteiger partial charge in [-0.2, -0.15) is 0 Å². The summed E-state index contributed by atoms with van der Waals surface area (Å²) in [5, 5.41) is 1.03. The number of rotatable bonds is 6. The Bertz CT molecular complexity index is 1360. The second-order valence-electron chi connectivity index (χ2n) is 9.90. The Morgan fingerprint density at radius 2 is 1.70 bits per heavy atom. The fraction of sp³-hybridized carbons (Fsp3) is 0.429. The van der Waals surface area contributed by atoms with E-state index in [9.17, 15) is 9.59 Å². The van der Waals surface area contributed by atoms with E-state index in [4.69, 9.17) is 18.9 Å². The molecule has 4 heterocycles. The summed E-state index contributed by atoms with van der Waals surface area (Å²) in [6, 6.07) is 14.9. The monoisotopic (exact) mass is 505 g/mol. The van der Waals surface area contributed by atoms with Gasteiger partial charge >= 0.3 is 6.09 Å². The summed E-state index contributed by atoms with van der Waals surface area (Å²) in [5.74, 6) is 2.52. The number of pyridine rings is 1. The molecular weight excluding hydrogens is 474 g/mol. The van der Waals surface area contributed by atoms with E-state index in [1.165, 1.54) is 0 Å². The first-order chi connectivity index (χ1) is 18.1. The number of carbonyl (C=O) groups is 1. The first kappa shape index (κ1) is 23.7. The van der Waals surface area contributed by atoms with Crippen molar-refractivity contribution < 1.29 is 23.7 Å². The molecule has 6 rings (SSSR count). The van der Waals surface area contributed by atoms with Gasteiger partial charge in [-0.05, 0) is 67.6 Å². The summed E-state index contributed by atoms with van der Waals surface area (Å²) in [6.07, 6.45) is 1.45. The van der Waals surface area contributed by atoms with E-state index in [2.05, 4.69) is 4.90 Å². The van der Waals surface area contributed by atoms with Gasteiger partial charge in [0.15, 0.2) is 11.5 Å². The third-order valence-electron chi connectivity index (χ3n) is 7.52. The number of anilines is 1. The smallest absolute Gasteiger partial charge is 0.414 e. The fourth-order valence-electron chi connectivity index (χ4n) is 5.51. The molecular formula is C28H31N3O6. The molecule has 1 aromatic heterocycles. The number of fused-ring (bicyclic) bond motifs is 2. The van der Waals surface area contributed by atoms with E-state index in [-0.39, 0.29) is 17.8 Å². The standard InChI is InChI=1S/C28H31N3O6/c1-34-22-5-2-20-3-7-27(32)31(24(20)15-22)16-19-8-10-29(11-9-19)17-23-18-30(28(33)37-23)21-4-6-25-26(14-21)36-13-12-35-25/h2-7,14-15,19,23H,8-13,16-18H2,1H3/t23-/m1/s1. The number of hydrogen-bond acceptors (Lipinski definition) is 7. The highest BCUT2D eigenvalue weighted by Gasteiger charge is 2.35. The van der Waals surface area contributed by atoms with Crippen molar-refractivity contribution in [2.75, 3.05) is 51.4 Å². The Balaban J connectivity index is 1.06. The normalized spacial score (nSPS) is 20.3. The number of cyclic esters (lactones) is 1. The van der Waals surface area contributed by atoms with Crippen LogP contribution in [0.1, 0.15) is 12.8 Å². The molecule has 0 spiro atoms. The number of aromatic nitrogens is 1. The van der Waals surface area contributed by atoms with Gasteiger partial charge in [-0.25, -0.2) is 4.79 Å². The van der Waals surface area contributed by atoms with E-state index in [1.807, 2.05) is 47.0 Å². The van der Waals surface area contributed by atoms with Crippen molar-refractivity contribution in [1.82, 2.24) is 9.47 Å². The summed E-state index contributed by atoms with van der Waals surface area (Å²) in [7, 11) is 1.64. The largest absolute Gasteiger partial charge is 0.497 e. The molecule has 0 unspecified atom stereocenters. The SMILES string of the molecule is COc1ccc2ccc(=O)n(CC3CCN(C[C@@H]4CN(c5ccc6c(c5)OCCO6)C(=O)O4)CC3)c2c1. The topological polar surface area (TPSA) is 82.5 Å². The van der Waals surface area contributed by atoms with Crippen LogP contribution in [0.5, 0.6) is 17.2 Å². The molecule has 9 nitrogen and oxygen atoms in total. The Kier molecular flexibility index (Phi) is 6.38. The Morgan fingerprint density at radius 3 is 2.51 bits per heavy atom. The number of hydrogen-bond donors (Lipinski definition) is 0. The van der Waals surface area contributed by atoms with Crippen LogP contribution in [0.4, 0.5) is 10.5 Å². The van der Waals surface area contributed by atoms with Crippen molar-refractivity contribution in [2.24, 2.45) is 5.92 Å². The average molecular weight is 506 g/mol. The van der Waals surface area contributed by atoms with Gasteiger partial charge in [-0.1, -0.05) is 0 Å². The molecule has 9 heteroatoms. The molecule has 0 aliphatic carbocycles. The Hall–Kier alpha value is -3.72. The molecule has 0 N–H and O–H groups in total. The number of methoxy groups -OCH3 is 1. The lowest BCUT2D eigenvalue weighted by atomic mass is 9.96. The van der Waals surface area contributed by atoms with Crippen LogP contribution in [-0.4, -0.2) is 68.2 Å². The van der Waals surface area contributed by atoms with Crippen LogP contribution in [0.25, 0.3) is 10.9 Å². The number of benzene rings is 2. The lowest BCUT2D eigenvalue weighted by Crippen LogP contribution is -2.41. The van der Waals surface area contributed by atoms with Crippen LogP contribution in [0.3, 0.4) is 0 Å². The second-order valence-corrected chi connectivity index (χ2v) is 9.90. The van der Waals surface area contributed by atoms with Crippen LogP contribution in [0.2, 0.25) is 0 Å². The van der Waals surface area contributed by atoms with Crippen molar-refractivity contribution in [2.45, 2.75) is 25.5 Å².